The molecule has 1 aliphatic heterocycles. The maximum absolute atomic E-state index is 13.1. The highest BCUT2D eigenvalue weighted by Gasteiger charge is 2.41. The summed E-state index contributed by atoms with van der Waals surface area (Å²) in [6.45, 7) is 8.34. The van der Waals surface area contributed by atoms with Crippen molar-refractivity contribution in [3.8, 4) is 0 Å². The number of carbonyl (C=O) groups excluding carboxylic acids is 3. The number of carbonyl (C=O) groups is 3. The summed E-state index contributed by atoms with van der Waals surface area (Å²) >= 11 is 6.17. The number of nitrogens with one attached hydrogen (secondary N) is 1. The molecule has 2 unspecified atom stereocenters. The molecule has 1 aromatic rings. The van der Waals surface area contributed by atoms with Crippen molar-refractivity contribution in [2.75, 3.05) is 13.7 Å². The van der Waals surface area contributed by atoms with Crippen molar-refractivity contribution in [2.24, 2.45) is 10.9 Å². The largest absolute Gasteiger partial charge is 0.468 e. The van der Waals surface area contributed by atoms with Gasteiger partial charge in [-0.2, -0.15) is 0 Å². The molecule has 1 N–H and O–H groups in total. The van der Waals surface area contributed by atoms with Crippen LogP contribution in [0.5, 0.6) is 0 Å². The average Bonchev–Trinajstić information content (AvgIpc) is 2.63. The number of ether oxygens (including phenoxy) is 2. The minimum absolute atomic E-state index is 0.279. The van der Waals surface area contributed by atoms with Gasteiger partial charge in [-0.05, 0) is 52.3 Å². The molecule has 0 saturated heterocycles. The summed E-state index contributed by atoms with van der Waals surface area (Å²) in [4.78, 5) is 42.1. The number of rotatable bonds is 5. The lowest BCUT2D eigenvalue weighted by Gasteiger charge is -2.31. The number of methoxy groups -OCH3 is 1. The van der Waals surface area contributed by atoms with Crippen LogP contribution in [0.3, 0.4) is 0 Å². The highest BCUT2D eigenvalue weighted by molar-refractivity contribution is 6.30. The van der Waals surface area contributed by atoms with Crippen LogP contribution < -0.4 is 5.32 Å². The molecule has 2 rings (SSSR count). The van der Waals surface area contributed by atoms with Crippen molar-refractivity contribution in [2.45, 2.75) is 46.1 Å². The summed E-state index contributed by atoms with van der Waals surface area (Å²) in [5.41, 5.74) is 1.28. The van der Waals surface area contributed by atoms with Crippen molar-refractivity contribution in [1.82, 2.24) is 5.32 Å². The predicted octanol–water partition coefficient (Wildman–Crippen LogP) is 3.42. The third kappa shape index (κ3) is 5.69. The number of amides is 1. The second-order valence-electron chi connectivity index (χ2n) is 8.05. The lowest BCUT2D eigenvalue weighted by atomic mass is 9.75. The van der Waals surface area contributed by atoms with E-state index in [1.807, 2.05) is 0 Å². The standard InChI is InChI=1S/C22H27ClN2O5/c1-12-17(20(27)24-11-16(26)30-22(3,4)5)19(14-8-7-9-15(23)10-14)18(13(2)25-12)21(28)29-6/h7-10,18-19H,11H2,1-6H3,(H,24,27). The van der Waals surface area contributed by atoms with E-state index in [2.05, 4.69) is 10.3 Å². The maximum atomic E-state index is 13.1. The summed E-state index contributed by atoms with van der Waals surface area (Å²) in [6, 6.07) is 6.95. The Bertz CT molecular complexity index is 914. The van der Waals surface area contributed by atoms with Crippen LogP contribution in [0.4, 0.5) is 0 Å². The topological polar surface area (TPSA) is 94.1 Å². The zero-order valence-electron chi connectivity index (χ0n) is 18.0. The minimum Gasteiger partial charge on any atom is -0.468 e. The molecule has 0 bridgehead atoms. The molecule has 0 aromatic heterocycles. The molecule has 1 aliphatic rings. The molecule has 2 atom stereocenters. The molecular weight excluding hydrogens is 408 g/mol. The van der Waals surface area contributed by atoms with Gasteiger partial charge in [0, 0.05) is 27.9 Å². The van der Waals surface area contributed by atoms with Gasteiger partial charge in [0.2, 0.25) is 5.91 Å². The van der Waals surface area contributed by atoms with Crippen molar-refractivity contribution >= 4 is 35.2 Å². The third-order valence-electron chi connectivity index (χ3n) is 4.55. The van der Waals surface area contributed by atoms with Gasteiger partial charge in [0.15, 0.2) is 0 Å². The van der Waals surface area contributed by atoms with Gasteiger partial charge in [0.25, 0.3) is 0 Å². The molecular formula is C22H27ClN2O5. The molecule has 0 radical (unpaired) electrons. The number of esters is 2. The van der Waals surface area contributed by atoms with E-state index in [1.54, 1.807) is 58.9 Å². The Morgan fingerprint density at radius 2 is 1.87 bits per heavy atom. The van der Waals surface area contributed by atoms with Crippen LogP contribution in [0, 0.1) is 5.92 Å². The summed E-state index contributed by atoms with van der Waals surface area (Å²) < 4.78 is 10.2. The first-order valence-corrected chi connectivity index (χ1v) is 9.91. The van der Waals surface area contributed by atoms with E-state index in [1.165, 1.54) is 7.11 Å². The Labute approximate surface area is 181 Å². The molecule has 30 heavy (non-hydrogen) atoms. The van der Waals surface area contributed by atoms with Crippen molar-refractivity contribution in [3.63, 3.8) is 0 Å². The van der Waals surface area contributed by atoms with Gasteiger partial charge in [-0.15, -0.1) is 0 Å². The number of halogens is 1. The van der Waals surface area contributed by atoms with Gasteiger partial charge in [0.1, 0.15) is 18.1 Å². The summed E-state index contributed by atoms with van der Waals surface area (Å²) in [6.07, 6.45) is 0. The van der Waals surface area contributed by atoms with Crippen LogP contribution in [0.25, 0.3) is 0 Å². The highest BCUT2D eigenvalue weighted by atomic mass is 35.5. The molecule has 0 spiro atoms. The predicted molar refractivity (Wildman–Crippen MR) is 114 cm³/mol. The number of aliphatic imine (C=N–C) groups is 1. The average molecular weight is 435 g/mol. The van der Waals surface area contributed by atoms with Crippen LogP contribution in [0.15, 0.2) is 40.5 Å². The van der Waals surface area contributed by atoms with Crippen molar-refractivity contribution in [1.29, 1.82) is 0 Å². The van der Waals surface area contributed by atoms with E-state index in [0.717, 1.165) is 0 Å². The van der Waals surface area contributed by atoms with Crippen LogP contribution >= 0.6 is 11.6 Å². The fraction of sp³-hybridized carbons (Fsp3) is 0.455. The second kappa shape index (κ2) is 9.43. The molecule has 0 fully saturated rings. The molecule has 1 aromatic carbocycles. The van der Waals surface area contributed by atoms with Gasteiger partial charge in [-0.1, -0.05) is 23.7 Å². The van der Waals surface area contributed by atoms with Gasteiger partial charge < -0.3 is 14.8 Å². The number of allylic oxidation sites excluding steroid dienone is 1. The van der Waals surface area contributed by atoms with E-state index in [-0.39, 0.29) is 12.1 Å². The molecule has 0 aliphatic carbocycles. The monoisotopic (exact) mass is 434 g/mol. The molecule has 162 valence electrons. The number of nitrogens with zero attached hydrogens (tertiary/aromatic N) is 1. The van der Waals surface area contributed by atoms with E-state index in [0.29, 0.717) is 22.0 Å². The fourth-order valence-electron chi connectivity index (χ4n) is 3.45. The number of hydrogen-bond donors (Lipinski definition) is 1. The van der Waals surface area contributed by atoms with Gasteiger partial charge in [-0.25, -0.2) is 0 Å². The number of benzene rings is 1. The van der Waals surface area contributed by atoms with Crippen molar-refractivity contribution < 1.29 is 23.9 Å². The Hall–Kier alpha value is -2.67. The van der Waals surface area contributed by atoms with E-state index < -0.39 is 35.3 Å². The lowest BCUT2D eigenvalue weighted by Crippen LogP contribution is -2.41. The SMILES string of the molecule is COC(=O)C1C(C)=NC(C)=C(C(=O)NCC(=O)OC(C)(C)C)C1c1cccc(Cl)c1. The van der Waals surface area contributed by atoms with Crippen LogP contribution in [-0.2, 0) is 23.9 Å². The quantitative estimate of drug-likeness (QED) is 0.716. The minimum atomic E-state index is -0.792. The zero-order valence-corrected chi connectivity index (χ0v) is 18.8. The Kier molecular flexibility index (Phi) is 7.42. The van der Waals surface area contributed by atoms with E-state index in [4.69, 9.17) is 21.1 Å². The lowest BCUT2D eigenvalue weighted by molar-refractivity contribution is -0.154. The smallest absolute Gasteiger partial charge is 0.325 e. The normalized spacial score (nSPS) is 19.1. The van der Waals surface area contributed by atoms with Crippen LogP contribution in [0.1, 0.15) is 46.1 Å². The van der Waals surface area contributed by atoms with Crippen LogP contribution in [0.2, 0.25) is 5.02 Å². The van der Waals surface area contributed by atoms with Crippen molar-refractivity contribution in [3.05, 3.63) is 46.1 Å². The number of hydrogen-bond acceptors (Lipinski definition) is 6. The van der Waals surface area contributed by atoms with Gasteiger partial charge in [-0.3, -0.25) is 19.4 Å². The molecule has 0 saturated carbocycles. The maximum Gasteiger partial charge on any atom is 0.325 e. The Morgan fingerprint density at radius 1 is 1.20 bits per heavy atom. The first-order chi connectivity index (χ1) is 13.9. The molecule has 8 heteroatoms. The molecule has 1 heterocycles. The molecule has 1 amide bonds. The first kappa shape index (κ1) is 23.6. The fourth-order valence-corrected chi connectivity index (χ4v) is 3.65. The Morgan fingerprint density at radius 3 is 2.43 bits per heavy atom. The van der Waals surface area contributed by atoms with E-state index >= 15 is 0 Å². The molecule has 7 nitrogen and oxygen atoms in total. The third-order valence-corrected chi connectivity index (χ3v) is 4.78. The Balaban J connectivity index is 2.42. The first-order valence-electron chi connectivity index (χ1n) is 9.54. The zero-order chi connectivity index (χ0) is 22.6. The highest BCUT2D eigenvalue weighted by Crippen LogP contribution is 2.40. The summed E-state index contributed by atoms with van der Waals surface area (Å²) in [5, 5.41) is 3.06. The van der Waals surface area contributed by atoms with Gasteiger partial charge in [0.05, 0.1) is 7.11 Å². The van der Waals surface area contributed by atoms with E-state index in [9.17, 15) is 14.4 Å². The summed E-state index contributed by atoms with van der Waals surface area (Å²) in [5.74, 6) is -3.03. The summed E-state index contributed by atoms with van der Waals surface area (Å²) in [7, 11) is 1.29. The second-order valence-corrected chi connectivity index (χ2v) is 8.49. The van der Waals surface area contributed by atoms with Crippen LogP contribution in [-0.4, -0.2) is 42.8 Å². The van der Waals surface area contributed by atoms with Gasteiger partial charge >= 0.3 is 11.9 Å².